The molecule has 0 aliphatic carbocycles. The molecule has 0 atom stereocenters. The van der Waals surface area contributed by atoms with Crippen molar-refractivity contribution in [1.29, 1.82) is 0 Å². The fourth-order valence-corrected chi connectivity index (χ4v) is 11.7. The summed E-state index contributed by atoms with van der Waals surface area (Å²) in [6.45, 7) is 0. The van der Waals surface area contributed by atoms with E-state index in [1.165, 1.54) is 0 Å². The van der Waals surface area contributed by atoms with Gasteiger partial charge in [-0.3, -0.25) is 0 Å². The Morgan fingerprint density at radius 3 is 0.744 bits per heavy atom. The summed E-state index contributed by atoms with van der Waals surface area (Å²) in [5.41, 5.74) is -2.74. The standard InChI is InChI=1S/C66H36F8N4/c67-53-57(71)65(58(72)54(68)63(53)75(37-21-5-1-6-22-37)38-23-7-2-8-24-38)77-47-35-19-17-33-45(47)49-41-29-13-16-32-44(41)52-51(61(49)77)43-31-15-14-30-42(43)50-46-34-18-20-36-48(46)78(62(50)52)66-59(73)55(69)64(56(70)60(66)74)76(39-25-9-3-10-26-39)40-27-11-4-12-28-40/h1-36H. The molecule has 14 aromatic rings. The van der Waals surface area contributed by atoms with Crippen molar-refractivity contribution >= 4 is 110 Å². The van der Waals surface area contributed by atoms with Crippen molar-refractivity contribution in [1.82, 2.24) is 9.13 Å². The summed E-state index contributed by atoms with van der Waals surface area (Å²) in [6.07, 6.45) is 0. The van der Waals surface area contributed by atoms with Crippen LogP contribution in [0.2, 0.25) is 0 Å². The topological polar surface area (TPSA) is 16.3 Å². The quantitative estimate of drug-likeness (QED) is 0.0857. The number of hydrogen-bond donors (Lipinski definition) is 0. The van der Waals surface area contributed by atoms with Crippen LogP contribution in [0.5, 0.6) is 0 Å². The van der Waals surface area contributed by atoms with E-state index in [-0.39, 0.29) is 55.6 Å². The number of nitrogens with zero attached hydrogens (tertiary/aromatic N) is 4. The molecule has 0 bridgehead atoms. The molecule has 0 aliphatic heterocycles. The second-order valence-corrected chi connectivity index (χ2v) is 18.9. The van der Waals surface area contributed by atoms with Crippen LogP contribution in [0, 0.1) is 46.5 Å². The number of fused-ring (bicyclic) bond motifs is 15. The zero-order chi connectivity index (χ0) is 53.1. The van der Waals surface area contributed by atoms with Gasteiger partial charge in [0.15, 0.2) is 46.5 Å². The molecule has 2 aromatic heterocycles. The first-order chi connectivity index (χ1) is 38.2. The molecule has 0 saturated carbocycles. The molecule has 14 rings (SSSR count). The van der Waals surface area contributed by atoms with Gasteiger partial charge in [0, 0.05) is 55.1 Å². The summed E-state index contributed by atoms with van der Waals surface area (Å²) < 4.78 is 144. The van der Waals surface area contributed by atoms with Crippen molar-refractivity contribution in [2.45, 2.75) is 0 Å². The fraction of sp³-hybridized carbons (Fsp3) is 0. The Balaban J connectivity index is 1.16. The number of halogens is 8. The zero-order valence-corrected chi connectivity index (χ0v) is 40.6. The van der Waals surface area contributed by atoms with Gasteiger partial charge in [0.25, 0.3) is 0 Å². The highest BCUT2D eigenvalue weighted by molar-refractivity contribution is 6.44. The van der Waals surface area contributed by atoms with Gasteiger partial charge in [0.1, 0.15) is 22.7 Å². The lowest BCUT2D eigenvalue weighted by atomic mass is 9.90. The average molecular weight is 1040 g/mol. The van der Waals surface area contributed by atoms with Crippen LogP contribution in [0.1, 0.15) is 0 Å². The number of anilines is 6. The van der Waals surface area contributed by atoms with E-state index in [9.17, 15) is 0 Å². The summed E-state index contributed by atoms with van der Waals surface area (Å²) in [4.78, 5) is 2.21. The molecule has 0 N–H and O–H groups in total. The van der Waals surface area contributed by atoms with Crippen LogP contribution < -0.4 is 9.80 Å². The van der Waals surface area contributed by atoms with Crippen molar-refractivity contribution in [2.24, 2.45) is 0 Å². The van der Waals surface area contributed by atoms with E-state index in [1.807, 2.05) is 0 Å². The molecule has 12 heteroatoms. The summed E-state index contributed by atoms with van der Waals surface area (Å²) in [5.74, 6) is -13.6. The van der Waals surface area contributed by atoms with Crippen LogP contribution in [0.15, 0.2) is 218 Å². The lowest BCUT2D eigenvalue weighted by Gasteiger charge is -2.27. The monoisotopic (exact) mass is 1040 g/mol. The normalized spacial score (nSPS) is 11.8. The van der Waals surface area contributed by atoms with Gasteiger partial charge in [0.05, 0.1) is 22.1 Å². The summed E-state index contributed by atoms with van der Waals surface area (Å²) in [5, 5.41) is 4.20. The van der Waals surface area contributed by atoms with Gasteiger partial charge in [-0.1, -0.05) is 158 Å². The number of benzene rings is 12. The second-order valence-electron chi connectivity index (χ2n) is 18.9. The Kier molecular flexibility index (Phi) is 10.7. The SMILES string of the molecule is Fc1c(F)c(-n2c3ccccc3c3c4ccccc4c4c(c5ccccc5c5c6ccccc6n(-c6c(F)c(F)c(N(c7ccccc7)c7ccccc7)c(F)c6F)c54)c32)c(F)c(F)c1N(c1ccccc1)c1ccccc1. The molecule has 0 fully saturated rings. The minimum absolute atomic E-state index is 0.0853. The molecule has 2 heterocycles. The third kappa shape index (κ3) is 6.59. The number of hydrogen-bond acceptors (Lipinski definition) is 2. The lowest BCUT2D eigenvalue weighted by molar-refractivity contribution is 0.452. The molecule has 0 radical (unpaired) electrons. The molecule has 0 spiro atoms. The number of aromatic nitrogens is 2. The molecule has 0 saturated heterocycles. The van der Waals surface area contributed by atoms with E-state index >= 15 is 35.1 Å². The molecular formula is C66H36F8N4. The summed E-state index contributed by atoms with van der Waals surface area (Å²) in [7, 11) is 0. The molecule has 4 nitrogen and oxygen atoms in total. The van der Waals surface area contributed by atoms with Gasteiger partial charge in [-0.05, 0) is 82.2 Å². The Morgan fingerprint density at radius 1 is 0.231 bits per heavy atom. The number of para-hydroxylation sites is 6. The fourth-order valence-electron chi connectivity index (χ4n) is 11.7. The van der Waals surface area contributed by atoms with Crippen molar-refractivity contribution in [3.63, 3.8) is 0 Å². The van der Waals surface area contributed by atoms with Gasteiger partial charge in [0.2, 0.25) is 0 Å². The van der Waals surface area contributed by atoms with E-state index < -0.39 is 69.3 Å². The first-order valence-corrected chi connectivity index (χ1v) is 24.9. The van der Waals surface area contributed by atoms with Crippen LogP contribution >= 0.6 is 0 Å². The first kappa shape index (κ1) is 46.6. The smallest absolute Gasteiger partial charge is 0.188 e. The van der Waals surface area contributed by atoms with Crippen molar-refractivity contribution in [3.05, 3.63) is 265 Å². The molecule has 0 amide bonds. The van der Waals surface area contributed by atoms with Crippen LogP contribution in [0.4, 0.5) is 69.2 Å². The average Bonchev–Trinajstić information content (AvgIpc) is 3.63. The second kappa shape index (κ2) is 17.8. The minimum Gasteiger partial charge on any atom is -0.305 e. The van der Waals surface area contributed by atoms with E-state index in [1.54, 1.807) is 218 Å². The Morgan fingerprint density at radius 2 is 0.462 bits per heavy atom. The van der Waals surface area contributed by atoms with Crippen molar-refractivity contribution in [2.75, 3.05) is 9.80 Å². The zero-order valence-electron chi connectivity index (χ0n) is 40.6. The van der Waals surface area contributed by atoms with E-state index in [2.05, 4.69) is 0 Å². The third-order valence-corrected chi connectivity index (χ3v) is 14.8. The molecule has 12 aromatic carbocycles. The molecule has 0 unspecified atom stereocenters. The summed E-state index contributed by atoms with van der Waals surface area (Å²) >= 11 is 0. The number of rotatable bonds is 8. The minimum atomic E-state index is -1.71. The molecule has 376 valence electrons. The predicted molar refractivity (Wildman–Crippen MR) is 297 cm³/mol. The van der Waals surface area contributed by atoms with Crippen LogP contribution in [0.25, 0.3) is 87.3 Å². The van der Waals surface area contributed by atoms with Gasteiger partial charge >= 0.3 is 0 Å². The summed E-state index contributed by atoms with van der Waals surface area (Å²) in [6, 6.07) is 59.8. The maximum atomic E-state index is 17.9. The van der Waals surface area contributed by atoms with Gasteiger partial charge in [-0.15, -0.1) is 0 Å². The highest BCUT2D eigenvalue weighted by Gasteiger charge is 2.37. The Hall–Kier alpha value is -9.94. The molecular weight excluding hydrogens is 1000 g/mol. The Labute approximate surface area is 438 Å². The molecule has 0 aliphatic rings. The third-order valence-electron chi connectivity index (χ3n) is 14.8. The lowest BCUT2D eigenvalue weighted by Crippen LogP contribution is -2.18. The Bertz CT molecular complexity index is 4330. The van der Waals surface area contributed by atoms with Crippen molar-refractivity contribution < 1.29 is 35.1 Å². The van der Waals surface area contributed by atoms with Crippen molar-refractivity contribution in [3.8, 4) is 11.4 Å². The van der Waals surface area contributed by atoms with Gasteiger partial charge in [-0.2, -0.15) is 0 Å². The van der Waals surface area contributed by atoms with Crippen LogP contribution in [-0.2, 0) is 0 Å². The van der Waals surface area contributed by atoms with Gasteiger partial charge in [-0.25, -0.2) is 35.1 Å². The van der Waals surface area contributed by atoms with E-state index in [0.717, 1.165) is 18.9 Å². The van der Waals surface area contributed by atoms with Crippen LogP contribution in [0.3, 0.4) is 0 Å². The first-order valence-electron chi connectivity index (χ1n) is 24.9. The van der Waals surface area contributed by atoms with E-state index in [0.29, 0.717) is 43.1 Å². The maximum Gasteiger partial charge on any atom is 0.188 e. The predicted octanol–water partition coefficient (Wildman–Crippen LogP) is 19.4. The van der Waals surface area contributed by atoms with Crippen LogP contribution in [-0.4, -0.2) is 9.13 Å². The molecule has 78 heavy (non-hydrogen) atoms. The van der Waals surface area contributed by atoms with Gasteiger partial charge < -0.3 is 18.9 Å². The maximum absolute atomic E-state index is 17.9. The highest BCUT2D eigenvalue weighted by atomic mass is 19.2. The largest absolute Gasteiger partial charge is 0.305 e. The van der Waals surface area contributed by atoms with E-state index in [4.69, 9.17) is 0 Å². The highest BCUT2D eigenvalue weighted by Crippen LogP contribution is 2.53.